The first kappa shape index (κ1) is 19.8. The van der Waals surface area contributed by atoms with Gasteiger partial charge in [0.2, 0.25) is 5.91 Å². The molecule has 1 amide bonds. The molecule has 3 rings (SSSR count). The van der Waals surface area contributed by atoms with Crippen molar-refractivity contribution in [2.45, 2.75) is 12.8 Å². The van der Waals surface area contributed by atoms with Crippen LogP contribution in [-0.4, -0.2) is 25.1 Å². The number of amides is 1. The number of nitrogens with zero attached hydrogens (tertiary/aromatic N) is 1. The molecule has 0 saturated carbocycles. The van der Waals surface area contributed by atoms with Crippen molar-refractivity contribution < 1.29 is 23.0 Å². The molecular weight excluding hydrogens is 386 g/mol. The number of halogens is 2. The fourth-order valence-electron chi connectivity index (χ4n) is 2.59. The zero-order valence-electron chi connectivity index (χ0n) is 15.3. The zero-order valence-corrected chi connectivity index (χ0v) is 16.1. The molecule has 0 fully saturated rings. The van der Waals surface area contributed by atoms with Crippen molar-refractivity contribution in [1.82, 2.24) is 4.98 Å². The van der Waals surface area contributed by atoms with Gasteiger partial charge in [0.25, 0.3) is 0 Å². The Labute approximate surface area is 164 Å². The normalized spacial score (nSPS) is 10.6. The largest absolute Gasteiger partial charge is 0.493 e. The molecule has 0 bridgehead atoms. The number of hydrogen-bond donors (Lipinski definition) is 1. The van der Waals surface area contributed by atoms with E-state index in [0.29, 0.717) is 34.3 Å². The highest BCUT2D eigenvalue weighted by atomic mass is 32.1. The summed E-state index contributed by atoms with van der Waals surface area (Å²) in [6.45, 7) is 0. The fourth-order valence-corrected chi connectivity index (χ4v) is 3.33. The van der Waals surface area contributed by atoms with Crippen molar-refractivity contribution >= 4 is 22.4 Å². The maximum Gasteiger partial charge on any atom is 0.226 e. The van der Waals surface area contributed by atoms with Crippen molar-refractivity contribution in [2.24, 2.45) is 0 Å². The Morgan fingerprint density at radius 2 is 1.86 bits per heavy atom. The highest BCUT2D eigenvalue weighted by Gasteiger charge is 2.11. The number of nitrogens with one attached hydrogen (secondary N) is 1. The van der Waals surface area contributed by atoms with Crippen molar-refractivity contribution in [3.63, 3.8) is 0 Å². The van der Waals surface area contributed by atoms with Gasteiger partial charge in [-0.1, -0.05) is 6.07 Å². The third-order valence-corrected chi connectivity index (χ3v) is 4.81. The number of benzene rings is 2. The average molecular weight is 404 g/mol. The summed E-state index contributed by atoms with van der Waals surface area (Å²) >= 11 is 1.22. The third-order valence-electron chi connectivity index (χ3n) is 4.05. The summed E-state index contributed by atoms with van der Waals surface area (Å²) in [6, 6.07) is 9.06. The van der Waals surface area contributed by atoms with Crippen LogP contribution in [0.2, 0.25) is 0 Å². The van der Waals surface area contributed by atoms with E-state index in [-0.39, 0.29) is 12.3 Å². The topological polar surface area (TPSA) is 60.5 Å². The van der Waals surface area contributed by atoms with Gasteiger partial charge < -0.3 is 14.8 Å². The Bertz CT molecular complexity index is 991. The fraction of sp³-hybridized carbons (Fsp3) is 0.200. The second kappa shape index (κ2) is 8.79. The van der Waals surface area contributed by atoms with Crippen LogP contribution in [0.5, 0.6) is 11.5 Å². The predicted octanol–water partition coefficient (Wildman–Crippen LogP) is 4.68. The highest BCUT2D eigenvalue weighted by Crippen LogP contribution is 2.28. The number of thiazole rings is 1. The van der Waals surface area contributed by atoms with Gasteiger partial charge in [0.05, 0.1) is 19.9 Å². The van der Waals surface area contributed by atoms with Crippen LogP contribution in [0.1, 0.15) is 12.0 Å². The predicted molar refractivity (Wildman–Crippen MR) is 104 cm³/mol. The molecule has 3 aromatic rings. The zero-order chi connectivity index (χ0) is 20.1. The van der Waals surface area contributed by atoms with Gasteiger partial charge in [0.15, 0.2) is 28.3 Å². The average Bonchev–Trinajstić information content (AvgIpc) is 3.16. The van der Waals surface area contributed by atoms with E-state index in [9.17, 15) is 13.6 Å². The van der Waals surface area contributed by atoms with Gasteiger partial charge >= 0.3 is 0 Å². The molecule has 2 aromatic carbocycles. The number of carbonyl (C=O) groups excluding carboxylic acids is 1. The van der Waals surface area contributed by atoms with Gasteiger partial charge in [-0.05, 0) is 42.3 Å². The van der Waals surface area contributed by atoms with Crippen LogP contribution in [-0.2, 0) is 11.2 Å². The van der Waals surface area contributed by atoms with Crippen LogP contribution < -0.4 is 14.8 Å². The number of rotatable bonds is 7. The quantitative estimate of drug-likeness (QED) is 0.621. The number of carbonyl (C=O) groups is 1. The molecule has 0 aliphatic rings. The molecule has 0 atom stereocenters. The van der Waals surface area contributed by atoms with Crippen molar-refractivity contribution in [1.29, 1.82) is 0 Å². The maximum absolute atomic E-state index is 13.4. The molecule has 0 radical (unpaired) electrons. The lowest BCUT2D eigenvalue weighted by molar-refractivity contribution is -0.116. The van der Waals surface area contributed by atoms with Crippen LogP contribution in [0.4, 0.5) is 13.9 Å². The summed E-state index contributed by atoms with van der Waals surface area (Å²) in [7, 11) is 3.12. The number of ether oxygens (including phenoxy) is 2. The molecular formula is C20H18F2N2O3S. The van der Waals surface area contributed by atoms with Crippen LogP contribution in [0.15, 0.2) is 41.8 Å². The summed E-state index contributed by atoms with van der Waals surface area (Å²) < 4.78 is 36.8. The molecule has 5 nitrogen and oxygen atoms in total. The summed E-state index contributed by atoms with van der Waals surface area (Å²) in [5.74, 6) is -0.811. The molecule has 1 aromatic heterocycles. The summed E-state index contributed by atoms with van der Waals surface area (Å²) in [4.78, 5) is 16.5. The molecule has 146 valence electrons. The smallest absolute Gasteiger partial charge is 0.226 e. The Balaban J connectivity index is 1.60. The molecule has 8 heteroatoms. The SMILES string of the molecule is COc1ccc(CCC(=O)Nc2nc(-c3ccc(F)c(F)c3)cs2)cc1OC. The molecule has 0 aliphatic carbocycles. The molecule has 0 spiro atoms. The van der Waals surface area contributed by atoms with E-state index in [1.807, 2.05) is 12.1 Å². The molecule has 0 unspecified atom stereocenters. The summed E-state index contributed by atoms with van der Waals surface area (Å²) in [5.41, 5.74) is 1.86. The number of aryl methyl sites for hydroxylation is 1. The van der Waals surface area contributed by atoms with Crippen LogP contribution in [0, 0.1) is 11.6 Å². The van der Waals surface area contributed by atoms with E-state index in [4.69, 9.17) is 9.47 Å². The molecule has 1 N–H and O–H groups in total. The maximum atomic E-state index is 13.4. The van der Waals surface area contributed by atoms with Gasteiger partial charge in [-0.3, -0.25) is 4.79 Å². The minimum Gasteiger partial charge on any atom is -0.493 e. The minimum absolute atomic E-state index is 0.194. The lowest BCUT2D eigenvalue weighted by atomic mass is 10.1. The van der Waals surface area contributed by atoms with Crippen LogP contribution in [0.25, 0.3) is 11.3 Å². The van der Waals surface area contributed by atoms with Crippen LogP contribution in [0.3, 0.4) is 0 Å². The van der Waals surface area contributed by atoms with Gasteiger partial charge in [0, 0.05) is 17.4 Å². The van der Waals surface area contributed by atoms with E-state index < -0.39 is 11.6 Å². The summed E-state index contributed by atoms with van der Waals surface area (Å²) in [6.07, 6.45) is 0.781. The van der Waals surface area contributed by atoms with Gasteiger partial charge in [-0.15, -0.1) is 11.3 Å². The van der Waals surface area contributed by atoms with E-state index in [1.54, 1.807) is 25.7 Å². The van der Waals surface area contributed by atoms with Crippen LogP contribution >= 0.6 is 11.3 Å². The second-order valence-electron chi connectivity index (χ2n) is 5.90. The monoisotopic (exact) mass is 404 g/mol. The first-order valence-corrected chi connectivity index (χ1v) is 9.30. The first-order valence-electron chi connectivity index (χ1n) is 8.42. The summed E-state index contributed by atoms with van der Waals surface area (Å²) in [5, 5.41) is 4.80. The van der Waals surface area contributed by atoms with Crippen molar-refractivity contribution in [3.05, 3.63) is 59.0 Å². The lowest BCUT2D eigenvalue weighted by Gasteiger charge is -2.09. The minimum atomic E-state index is -0.939. The Morgan fingerprint density at radius 1 is 1.07 bits per heavy atom. The van der Waals surface area contributed by atoms with Crippen molar-refractivity contribution in [2.75, 3.05) is 19.5 Å². The third kappa shape index (κ3) is 4.64. The van der Waals surface area contributed by atoms with E-state index in [2.05, 4.69) is 10.3 Å². The number of aromatic nitrogens is 1. The van der Waals surface area contributed by atoms with E-state index in [1.165, 1.54) is 17.4 Å². The molecule has 0 saturated heterocycles. The Hall–Kier alpha value is -3.00. The standard InChI is InChI=1S/C20H18F2N2O3S/c1-26-17-7-3-12(9-18(17)27-2)4-8-19(25)24-20-23-16(11-28-20)13-5-6-14(21)15(22)10-13/h3,5-7,9-11H,4,8H2,1-2H3,(H,23,24,25). The number of methoxy groups -OCH3 is 2. The Morgan fingerprint density at radius 3 is 2.57 bits per heavy atom. The Kier molecular flexibility index (Phi) is 6.20. The van der Waals surface area contributed by atoms with Gasteiger partial charge in [-0.2, -0.15) is 0 Å². The highest BCUT2D eigenvalue weighted by molar-refractivity contribution is 7.14. The lowest BCUT2D eigenvalue weighted by Crippen LogP contribution is -2.12. The number of anilines is 1. The van der Waals surface area contributed by atoms with E-state index >= 15 is 0 Å². The number of hydrogen-bond acceptors (Lipinski definition) is 5. The second-order valence-corrected chi connectivity index (χ2v) is 6.76. The molecule has 28 heavy (non-hydrogen) atoms. The van der Waals surface area contributed by atoms with Gasteiger partial charge in [-0.25, -0.2) is 13.8 Å². The van der Waals surface area contributed by atoms with E-state index in [0.717, 1.165) is 17.7 Å². The molecule has 0 aliphatic heterocycles. The molecule has 1 heterocycles. The first-order chi connectivity index (χ1) is 13.5. The van der Waals surface area contributed by atoms with Gasteiger partial charge in [0.1, 0.15) is 0 Å². The van der Waals surface area contributed by atoms with Crippen molar-refractivity contribution in [3.8, 4) is 22.8 Å².